The summed E-state index contributed by atoms with van der Waals surface area (Å²) in [6, 6.07) is 1.87. The number of nitriles is 1. The molecule has 0 radical (unpaired) electrons. The fraction of sp³-hybridized carbons (Fsp3) is 0.889. The van der Waals surface area contributed by atoms with E-state index in [9.17, 15) is 5.11 Å². The molecule has 0 spiro atoms. The summed E-state index contributed by atoms with van der Waals surface area (Å²) < 4.78 is 0. The molecule has 0 saturated carbocycles. The zero-order chi connectivity index (χ0) is 8.91. The largest absolute Gasteiger partial charge is 0.376 e. The Balaban J connectivity index is 3.48. The Morgan fingerprint density at radius 3 is 2.45 bits per heavy atom. The Labute approximate surface area is 68.8 Å². The maximum Gasteiger partial charge on any atom is 0.148 e. The Kier molecular flexibility index (Phi) is 4.14. The van der Waals surface area contributed by atoms with Crippen molar-refractivity contribution in [2.45, 2.75) is 45.6 Å². The summed E-state index contributed by atoms with van der Waals surface area (Å²) in [5.74, 6) is 0.657. The van der Waals surface area contributed by atoms with Gasteiger partial charge in [-0.25, -0.2) is 0 Å². The van der Waals surface area contributed by atoms with Gasteiger partial charge in [-0.05, 0) is 25.7 Å². The van der Waals surface area contributed by atoms with Gasteiger partial charge >= 0.3 is 0 Å². The molecule has 0 aliphatic heterocycles. The van der Waals surface area contributed by atoms with Crippen LogP contribution in [-0.2, 0) is 0 Å². The third-order valence-electron chi connectivity index (χ3n) is 1.69. The van der Waals surface area contributed by atoms with Gasteiger partial charge in [0.15, 0.2) is 0 Å². The third-order valence-corrected chi connectivity index (χ3v) is 1.69. The van der Waals surface area contributed by atoms with E-state index in [0.717, 1.165) is 12.8 Å². The predicted molar refractivity (Wildman–Crippen MR) is 44.9 cm³/mol. The zero-order valence-electron chi connectivity index (χ0n) is 7.59. The van der Waals surface area contributed by atoms with Crippen LogP contribution in [0.5, 0.6) is 0 Å². The third kappa shape index (κ3) is 5.87. The highest BCUT2D eigenvalue weighted by molar-refractivity contribution is 4.95. The van der Waals surface area contributed by atoms with E-state index in [-0.39, 0.29) is 0 Å². The maximum atomic E-state index is 9.27. The minimum absolute atomic E-state index is 0.585. The second-order valence-corrected chi connectivity index (χ2v) is 3.67. The number of aliphatic hydroxyl groups is 1. The van der Waals surface area contributed by atoms with Crippen molar-refractivity contribution in [3.05, 3.63) is 0 Å². The van der Waals surface area contributed by atoms with Gasteiger partial charge in [-0.1, -0.05) is 20.3 Å². The van der Waals surface area contributed by atoms with E-state index in [1.54, 1.807) is 6.92 Å². The molecule has 0 aliphatic rings. The van der Waals surface area contributed by atoms with Gasteiger partial charge in [-0.15, -0.1) is 0 Å². The van der Waals surface area contributed by atoms with E-state index in [1.165, 1.54) is 0 Å². The molecule has 0 fully saturated rings. The van der Waals surface area contributed by atoms with Crippen LogP contribution in [0.2, 0.25) is 0 Å². The lowest BCUT2D eigenvalue weighted by molar-refractivity contribution is 0.105. The molecule has 0 amide bonds. The normalized spacial score (nSPS) is 16.0. The lowest BCUT2D eigenvalue weighted by Gasteiger charge is -2.13. The van der Waals surface area contributed by atoms with Crippen molar-refractivity contribution >= 4 is 0 Å². The summed E-state index contributed by atoms with van der Waals surface area (Å²) in [7, 11) is 0. The molecule has 2 nitrogen and oxygen atoms in total. The Hall–Kier alpha value is -0.550. The van der Waals surface area contributed by atoms with Crippen molar-refractivity contribution in [2.24, 2.45) is 5.92 Å². The summed E-state index contributed by atoms with van der Waals surface area (Å²) in [4.78, 5) is 0. The molecular formula is C9H17NO. The van der Waals surface area contributed by atoms with Gasteiger partial charge in [0, 0.05) is 0 Å². The van der Waals surface area contributed by atoms with Crippen molar-refractivity contribution in [3.63, 3.8) is 0 Å². The molecule has 1 unspecified atom stereocenters. The zero-order valence-corrected chi connectivity index (χ0v) is 7.59. The van der Waals surface area contributed by atoms with Gasteiger partial charge in [-0.2, -0.15) is 5.26 Å². The molecule has 0 bridgehead atoms. The molecule has 0 aromatic carbocycles. The highest BCUT2D eigenvalue weighted by Gasteiger charge is 2.17. The topological polar surface area (TPSA) is 44.0 Å². The summed E-state index contributed by atoms with van der Waals surface area (Å²) in [6.45, 7) is 5.84. The summed E-state index contributed by atoms with van der Waals surface area (Å²) in [5, 5.41) is 17.7. The molecule has 2 heteroatoms. The minimum Gasteiger partial charge on any atom is -0.376 e. The predicted octanol–water partition coefficient (Wildman–Crippen LogP) is 2.09. The molecule has 11 heavy (non-hydrogen) atoms. The lowest BCUT2D eigenvalue weighted by atomic mass is 9.97. The second kappa shape index (κ2) is 4.35. The molecule has 0 aliphatic carbocycles. The Morgan fingerprint density at radius 1 is 1.55 bits per heavy atom. The van der Waals surface area contributed by atoms with Gasteiger partial charge in [0.2, 0.25) is 0 Å². The van der Waals surface area contributed by atoms with Crippen LogP contribution in [0, 0.1) is 17.2 Å². The van der Waals surface area contributed by atoms with Gasteiger partial charge < -0.3 is 5.11 Å². The second-order valence-electron chi connectivity index (χ2n) is 3.67. The molecule has 1 N–H and O–H groups in total. The smallest absolute Gasteiger partial charge is 0.148 e. The molecule has 0 heterocycles. The SMILES string of the molecule is CC(C)CCCC(C)(O)C#N. The van der Waals surface area contributed by atoms with Crippen molar-refractivity contribution < 1.29 is 5.11 Å². The van der Waals surface area contributed by atoms with Crippen molar-refractivity contribution in [2.75, 3.05) is 0 Å². The number of hydrogen-bond donors (Lipinski definition) is 1. The van der Waals surface area contributed by atoms with E-state index in [2.05, 4.69) is 13.8 Å². The van der Waals surface area contributed by atoms with Crippen LogP contribution in [0.4, 0.5) is 0 Å². The Morgan fingerprint density at radius 2 is 2.09 bits per heavy atom. The van der Waals surface area contributed by atoms with Crippen LogP contribution >= 0.6 is 0 Å². The lowest BCUT2D eigenvalue weighted by Crippen LogP contribution is -2.20. The fourth-order valence-corrected chi connectivity index (χ4v) is 0.910. The van der Waals surface area contributed by atoms with Crippen LogP contribution in [0.1, 0.15) is 40.0 Å². The van der Waals surface area contributed by atoms with Crippen LogP contribution < -0.4 is 0 Å². The van der Waals surface area contributed by atoms with Gasteiger partial charge in [0.25, 0.3) is 0 Å². The number of hydrogen-bond acceptors (Lipinski definition) is 2. The molecule has 1 atom stereocenters. The van der Waals surface area contributed by atoms with Gasteiger partial charge in [-0.3, -0.25) is 0 Å². The first-order valence-corrected chi connectivity index (χ1v) is 4.11. The van der Waals surface area contributed by atoms with Crippen LogP contribution in [-0.4, -0.2) is 10.7 Å². The number of rotatable bonds is 4. The molecule has 0 aromatic heterocycles. The Bertz CT molecular complexity index is 144. The van der Waals surface area contributed by atoms with Crippen molar-refractivity contribution in [3.8, 4) is 6.07 Å². The van der Waals surface area contributed by atoms with E-state index in [1.807, 2.05) is 6.07 Å². The van der Waals surface area contributed by atoms with Crippen molar-refractivity contribution in [1.29, 1.82) is 5.26 Å². The minimum atomic E-state index is -1.12. The fourth-order valence-electron chi connectivity index (χ4n) is 0.910. The summed E-state index contributed by atoms with van der Waals surface area (Å²) in [5.41, 5.74) is -1.12. The number of nitrogens with zero attached hydrogens (tertiary/aromatic N) is 1. The molecule has 0 saturated heterocycles. The first-order chi connectivity index (χ1) is 4.98. The van der Waals surface area contributed by atoms with E-state index >= 15 is 0 Å². The molecular weight excluding hydrogens is 138 g/mol. The van der Waals surface area contributed by atoms with Gasteiger partial charge in [0.05, 0.1) is 6.07 Å². The van der Waals surface area contributed by atoms with Crippen LogP contribution in [0.3, 0.4) is 0 Å². The highest BCUT2D eigenvalue weighted by Crippen LogP contribution is 2.14. The van der Waals surface area contributed by atoms with Crippen LogP contribution in [0.25, 0.3) is 0 Å². The standard InChI is InChI=1S/C9H17NO/c1-8(2)5-4-6-9(3,11)7-10/h8,11H,4-6H2,1-3H3. The molecule has 64 valence electrons. The monoisotopic (exact) mass is 155 g/mol. The first-order valence-electron chi connectivity index (χ1n) is 4.11. The maximum absolute atomic E-state index is 9.27. The summed E-state index contributed by atoms with van der Waals surface area (Å²) >= 11 is 0. The average Bonchev–Trinajstić information content (AvgIpc) is 1.87. The average molecular weight is 155 g/mol. The quantitative estimate of drug-likeness (QED) is 0.632. The first kappa shape index (κ1) is 10.4. The van der Waals surface area contributed by atoms with Gasteiger partial charge in [0.1, 0.15) is 5.60 Å². The van der Waals surface area contributed by atoms with Crippen LogP contribution in [0.15, 0.2) is 0 Å². The van der Waals surface area contributed by atoms with Crippen molar-refractivity contribution in [1.82, 2.24) is 0 Å². The van der Waals surface area contributed by atoms with E-state index in [0.29, 0.717) is 12.3 Å². The van der Waals surface area contributed by atoms with E-state index in [4.69, 9.17) is 5.26 Å². The highest BCUT2D eigenvalue weighted by atomic mass is 16.3. The molecule has 0 aromatic rings. The summed E-state index contributed by atoms with van der Waals surface area (Å²) in [6.07, 6.45) is 2.59. The molecule has 0 rings (SSSR count). The van der Waals surface area contributed by atoms with E-state index < -0.39 is 5.60 Å².